The third-order valence-electron chi connectivity index (χ3n) is 5.11. The number of hydrogen-bond acceptors (Lipinski definition) is 5. The van der Waals surface area contributed by atoms with Crippen molar-refractivity contribution in [3.8, 4) is 0 Å². The normalized spacial score (nSPS) is 24.4. The molecule has 0 aliphatic carbocycles. The van der Waals surface area contributed by atoms with Crippen LogP contribution in [0.3, 0.4) is 0 Å². The van der Waals surface area contributed by atoms with E-state index in [0.717, 1.165) is 65.0 Å². The van der Waals surface area contributed by atoms with Crippen LogP contribution >= 0.6 is 0 Å². The minimum Gasteiger partial charge on any atom is -0.383 e. The van der Waals surface area contributed by atoms with Crippen LogP contribution in [0.15, 0.2) is 4.99 Å². The molecule has 146 valence electrons. The van der Waals surface area contributed by atoms with E-state index < -0.39 is 0 Å². The fraction of sp³-hybridized carbons (Fsp3) is 0.944. The number of hydrogen-bond donors (Lipinski definition) is 2. The molecule has 0 aromatic heterocycles. The highest BCUT2D eigenvalue weighted by molar-refractivity contribution is 5.79. The number of methoxy groups -OCH3 is 1. The smallest absolute Gasteiger partial charge is 0.191 e. The summed E-state index contributed by atoms with van der Waals surface area (Å²) in [5, 5.41) is 6.92. The Morgan fingerprint density at radius 1 is 1.28 bits per heavy atom. The zero-order chi connectivity index (χ0) is 17.9. The molecule has 0 spiro atoms. The lowest BCUT2D eigenvalue weighted by atomic mass is 10.2. The Morgan fingerprint density at radius 2 is 2.08 bits per heavy atom. The summed E-state index contributed by atoms with van der Waals surface area (Å²) in [5.74, 6) is 0.932. The molecule has 7 heteroatoms. The van der Waals surface area contributed by atoms with Crippen molar-refractivity contribution >= 4 is 5.96 Å². The highest BCUT2D eigenvalue weighted by Crippen LogP contribution is 2.15. The van der Waals surface area contributed by atoms with E-state index in [0.29, 0.717) is 12.1 Å². The standard InChI is InChI=1S/C18H37N5O2/c1-4-19-18(20-14-16(2)22-9-12-25-13-10-22)21-15-17-6-5-7-23(17)8-11-24-3/h16-17H,4-15H2,1-3H3,(H2,19,20,21). The molecular weight excluding hydrogens is 318 g/mol. The van der Waals surface area contributed by atoms with Crippen molar-refractivity contribution in [2.75, 3.05) is 72.7 Å². The summed E-state index contributed by atoms with van der Waals surface area (Å²) in [7, 11) is 1.77. The van der Waals surface area contributed by atoms with Gasteiger partial charge in [-0.1, -0.05) is 0 Å². The number of ether oxygens (including phenoxy) is 2. The number of aliphatic imine (C=N–C) groups is 1. The zero-order valence-electron chi connectivity index (χ0n) is 16.3. The molecule has 7 nitrogen and oxygen atoms in total. The van der Waals surface area contributed by atoms with Gasteiger partial charge in [0.25, 0.3) is 0 Å². The van der Waals surface area contributed by atoms with Gasteiger partial charge in [0, 0.05) is 51.9 Å². The Hall–Kier alpha value is -0.890. The van der Waals surface area contributed by atoms with Gasteiger partial charge in [-0.25, -0.2) is 0 Å². The second-order valence-electron chi connectivity index (χ2n) is 6.92. The van der Waals surface area contributed by atoms with Crippen molar-refractivity contribution in [3.05, 3.63) is 0 Å². The molecule has 2 aliphatic rings. The Labute approximate surface area is 153 Å². The van der Waals surface area contributed by atoms with Crippen LogP contribution in [0.2, 0.25) is 0 Å². The highest BCUT2D eigenvalue weighted by atomic mass is 16.5. The minimum atomic E-state index is 0.448. The second kappa shape index (κ2) is 11.7. The molecule has 0 saturated carbocycles. The van der Waals surface area contributed by atoms with Crippen LogP contribution in [-0.2, 0) is 9.47 Å². The van der Waals surface area contributed by atoms with E-state index in [1.165, 1.54) is 19.4 Å². The molecule has 2 atom stereocenters. The maximum atomic E-state index is 5.43. The van der Waals surface area contributed by atoms with Crippen LogP contribution in [-0.4, -0.2) is 101 Å². The first kappa shape index (κ1) is 20.4. The number of morpholine rings is 1. The number of guanidine groups is 1. The summed E-state index contributed by atoms with van der Waals surface area (Å²) in [4.78, 5) is 9.79. The maximum absolute atomic E-state index is 5.43. The largest absolute Gasteiger partial charge is 0.383 e. The molecule has 2 unspecified atom stereocenters. The Morgan fingerprint density at radius 3 is 2.80 bits per heavy atom. The van der Waals surface area contributed by atoms with Gasteiger partial charge in [0.05, 0.1) is 26.4 Å². The summed E-state index contributed by atoms with van der Waals surface area (Å²) < 4.78 is 10.7. The minimum absolute atomic E-state index is 0.448. The van der Waals surface area contributed by atoms with Crippen molar-refractivity contribution in [1.29, 1.82) is 0 Å². The van der Waals surface area contributed by atoms with E-state index in [9.17, 15) is 0 Å². The topological polar surface area (TPSA) is 61.4 Å². The molecule has 2 aliphatic heterocycles. The van der Waals surface area contributed by atoms with E-state index >= 15 is 0 Å². The Balaban J connectivity index is 1.78. The van der Waals surface area contributed by atoms with Crippen LogP contribution in [0.1, 0.15) is 26.7 Å². The number of nitrogens with one attached hydrogen (secondary N) is 2. The first-order chi connectivity index (χ1) is 12.2. The summed E-state index contributed by atoms with van der Waals surface area (Å²) in [6.45, 7) is 13.7. The van der Waals surface area contributed by atoms with E-state index in [-0.39, 0.29) is 0 Å². The molecule has 2 saturated heterocycles. The van der Waals surface area contributed by atoms with Crippen molar-refractivity contribution in [3.63, 3.8) is 0 Å². The summed E-state index contributed by atoms with van der Waals surface area (Å²) >= 11 is 0. The van der Waals surface area contributed by atoms with Gasteiger partial charge in [0.15, 0.2) is 5.96 Å². The van der Waals surface area contributed by atoms with E-state index in [4.69, 9.17) is 14.5 Å². The molecule has 25 heavy (non-hydrogen) atoms. The van der Waals surface area contributed by atoms with Gasteiger partial charge >= 0.3 is 0 Å². The van der Waals surface area contributed by atoms with Crippen LogP contribution in [0.4, 0.5) is 0 Å². The molecule has 2 N–H and O–H groups in total. The predicted octanol–water partition coefficient (Wildman–Crippen LogP) is 0.373. The molecule has 0 bridgehead atoms. The quantitative estimate of drug-likeness (QED) is 0.460. The average Bonchev–Trinajstić information content (AvgIpc) is 3.10. The second-order valence-corrected chi connectivity index (χ2v) is 6.92. The SMILES string of the molecule is CCNC(=NCC(C)N1CCOCC1)NCC1CCCN1CCOC. The average molecular weight is 356 g/mol. The van der Waals surface area contributed by atoms with Gasteiger partial charge in [0.2, 0.25) is 0 Å². The van der Waals surface area contributed by atoms with Crippen LogP contribution in [0.5, 0.6) is 0 Å². The lowest BCUT2D eigenvalue weighted by molar-refractivity contribution is 0.0220. The van der Waals surface area contributed by atoms with Gasteiger partial charge in [0.1, 0.15) is 0 Å². The third-order valence-corrected chi connectivity index (χ3v) is 5.11. The van der Waals surface area contributed by atoms with Crippen molar-refractivity contribution in [1.82, 2.24) is 20.4 Å². The molecule has 0 aromatic carbocycles. The van der Waals surface area contributed by atoms with Crippen molar-refractivity contribution in [2.24, 2.45) is 4.99 Å². The van der Waals surface area contributed by atoms with Crippen molar-refractivity contribution in [2.45, 2.75) is 38.8 Å². The first-order valence-corrected chi connectivity index (χ1v) is 9.81. The van der Waals surface area contributed by atoms with E-state index in [1.54, 1.807) is 7.11 Å². The molecular formula is C18H37N5O2. The monoisotopic (exact) mass is 355 g/mol. The zero-order valence-corrected chi connectivity index (χ0v) is 16.3. The maximum Gasteiger partial charge on any atom is 0.191 e. The molecule has 2 rings (SSSR count). The summed E-state index contributed by atoms with van der Waals surface area (Å²) in [6.07, 6.45) is 2.53. The van der Waals surface area contributed by atoms with E-state index in [1.807, 2.05) is 0 Å². The fourth-order valence-electron chi connectivity index (χ4n) is 3.54. The Kier molecular flexibility index (Phi) is 9.54. The molecule has 2 fully saturated rings. The predicted molar refractivity (Wildman–Crippen MR) is 102 cm³/mol. The van der Waals surface area contributed by atoms with Gasteiger partial charge in [-0.15, -0.1) is 0 Å². The highest BCUT2D eigenvalue weighted by Gasteiger charge is 2.24. The molecule has 0 amide bonds. The van der Waals surface area contributed by atoms with Gasteiger partial charge in [-0.2, -0.15) is 0 Å². The molecule has 0 aromatic rings. The van der Waals surface area contributed by atoms with Crippen LogP contribution in [0.25, 0.3) is 0 Å². The van der Waals surface area contributed by atoms with E-state index in [2.05, 4.69) is 34.3 Å². The first-order valence-electron chi connectivity index (χ1n) is 9.81. The lowest BCUT2D eigenvalue weighted by Gasteiger charge is -2.31. The van der Waals surface area contributed by atoms with Crippen LogP contribution < -0.4 is 10.6 Å². The molecule has 2 heterocycles. The fourth-order valence-corrected chi connectivity index (χ4v) is 3.54. The molecule has 0 radical (unpaired) electrons. The summed E-state index contributed by atoms with van der Waals surface area (Å²) in [6, 6.07) is 1.03. The Bertz CT molecular complexity index is 388. The van der Waals surface area contributed by atoms with Crippen LogP contribution in [0, 0.1) is 0 Å². The van der Waals surface area contributed by atoms with Gasteiger partial charge in [-0.05, 0) is 33.2 Å². The van der Waals surface area contributed by atoms with Crippen molar-refractivity contribution < 1.29 is 9.47 Å². The lowest BCUT2D eigenvalue weighted by Crippen LogP contribution is -2.47. The summed E-state index contributed by atoms with van der Waals surface area (Å²) in [5.41, 5.74) is 0. The van der Waals surface area contributed by atoms with Gasteiger partial charge < -0.3 is 20.1 Å². The number of nitrogens with zero attached hydrogens (tertiary/aromatic N) is 3. The third kappa shape index (κ3) is 7.09. The van der Waals surface area contributed by atoms with Gasteiger partial charge in [-0.3, -0.25) is 14.8 Å². The number of likely N-dealkylation sites (tertiary alicyclic amines) is 1. The number of rotatable bonds is 9.